The van der Waals surface area contributed by atoms with Gasteiger partial charge in [0.1, 0.15) is 5.60 Å². The van der Waals surface area contributed by atoms with Crippen LogP contribution in [0.3, 0.4) is 0 Å². The minimum absolute atomic E-state index is 0. The van der Waals surface area contributed by atoms with Gasteiger partial charge in [-0.25, -0.2) is 14.4 Å². The summed E-state index contributed by atoms with van der Waals surface area (Å²) in [5.41, 5.74) is -0.471. The van der Waals surface area contributed by atoms with Gasteiger partial charge >= 0.3 is 18.0 Å². The number of hydrogen-bond donors (Lipinski definition) is 2. The van der Waals surface area contributed by atoms with Crippen molar-refractivity contribution in [3.8, 4) is 0 Å². The molecule has 2 aliphatic rings. The molecule has 1 saturated heterocycles. The van der Waals surface area contributed by atoms with Crippen molar-refractivity contribution in [1.29, 1.82) is 0 Å². The molecule has 0 bridgehead atoms. The maximum atomic E-state index is 12.6. The first kappa shape index (κ1) is 31.6. The predicted molar refractivity (Wildman–Crippen MR) is 139 cm³/mol. The Hall–Kier alpha value is -2.63. The van der Waals surface area contributed by atoms with E-state index in [1.165, 1.54) is 21.9 Å². The smallest absolute Gasteiger partial charge is 0.410 e. The number of imide groups is 1. The molecular formula is C25H24Cl2N2NaO8. The van der Waals surface area contributed by atoms with Crippen LogP contribution in [0.2, 0.25) is 10.0 Å². The topological polar surface area (TPSA) is 142 Å². The first-order chi connectivity index (χ1) is 17.2. The monoisotopic (exact) mass is 573 g/mol. The summed E-state index contributed by atoms with van der Waals surface area (Å²) in [7, 11) is 0. The number of halogens is 2. The van der Waals surface area contributed by atoms with Crippen LogP contribution in [-0.4, -0.2) is 104 Å². The molecule has 0 unspecified atom stereocenters. The van der Waals surface area contributed by atoms with Crippen molar-refractivity contribution in [2.75, 3.05) is 13.1 Å². The van der Waals surface area contributed by atoms with Crippen LogP contribution < -0.4 is 0 Å². The van der Waals surface area contributed by atoms with E-state index in [0.717, 1.165) is 12.1 Å². The molecule has 3 amide bonds. The minimum Gasteiger partial charge on any atom is -0.478 e. The Labute approximate surface area is 250 Å². The largest absolute Gasteiger partial charge is 0.478 e. The van der Waals surface area contributed by atoms with Gasteiger partial charge in [0.2, 0.25) is 0 Å². The number of amides is 3. The van der Waals surface area contributed by atoms with Gasteiger partial charge in [0.15, 0.2) is 0 Å². The number of ether oxygens (including phenoxy) is 1. The SMILES string of the molecule is CC(C)(C)OC(=O)N1CC[C@@H](N2C(=O)c3ccc(Cl)cc3C2=O)C1.O=C(O)c1ccc(Cl)cc1C(=O)O.[Na]. The van der Waals surface area contributed by atoms with Gasteiger partial charge in [-0.2, -0.15) is 0 Å². The number of carboxylic acids is 2. The molecule has 0 saturated carbocycles. The second-order valence-corrected chi connectivity index (χ2v) is 10.2. The van der Waals surface area contributed by atoms with Gasteiger partial charge in [-0.15, -0.1) is 0 Å². The molecular weight excluding hydrogens is 550 g/mol. The number of rotatable bonds is 3. The molecule has 38 heavy (non-hydrogen) atoms. The number of nitrogens with zero attached hydrogens (tertiary/aromatic N) is 2. The zero-order chi connectivity index (χ0) is 27.7. The molecule has 2 aromatic rings. The van der Waals surface area contributed by atoms with Gasteiger partial charge in [0.25, 0.3) is 11.8 Å². The maximum absolute atomic E-state index is 12.6. The first-order valence-corrected chi connectivity index (χ1v) is 11.9. The maximum Gasteiger partial charge on any atom is 0.410 e. The van der Waals surface area contributed by atoms with Crippen LogP contribution in [0.1, 0.15) is 68.6 Å². The minimum atomic E-state index is -1.31. The van der Waals surface area contributed by atoms with E-state index in [1.807, 2.05) is 0 Å². The number of hydrogen-bond acceptors (Lipinski definition) is 6. The van der Waals surface area contributed by atoms with Gasteiger partial charge in [-0.3, -0.25) is 14.5 Å². The van der Waals surface area contributed by atoms with E-state index in [-0.39, 0.29) is 70.1 Å². The number of fused-ring (bicyclic) bond motifs is 1. The Morgan fingerprint density at radius 3 is 2.03 bits per heavy atom. The van der Waals surface area contributed by atoms with Crippen molar-refractivity contribution in [3.05, 3.63) is 68.7 Å². The fourth-order valence-electron chi connectivity index (χ4n) is 3.89. The Bertz CT molecular complexity index is 1290. The van der Waals surface area contributed by atoms with E-state index in [1.54, 1.807) is 32.9 Å². The van der Waals surface area contributed by atoms with Gasteiger partial charge in [-0.1, -0.05) is 23.2 Å². The summed E-state index contributed by atoms with van der Waals surface area (Å²) in [4.78, 5) is 61.1. The third-order valence-corrected chi connectivity index (χ3v) is 5.97. The Morgan fingerprint density at radius 1 is 0.895 bits per heavy atom. The number of benzene rings is 2. The molecule has 4 rings (SSSR count). The third kappa shape index (κ3) is 7.27. The van der Waals surface area contributed by atoms with Gasteiger partial charge < -0.3 is 19.8 Å². The van der Waals surface area contributed by atoms with E-state index in [0.29, 0.717) is 29.1 Å². The zero-order valence-electron chi connectivity index (χ0n) is 21.2. The Balaban J connectivity index is 0.000000309. The molecule has 2 N–H and O–H groups in total. The molecule has 1 radical (unpaired) electrons. The molecule has 10 nitrogen and oxygen atoms in total. The van der Waals surface area contributed by atoms with E-state index < -0.39 is 23.6 Å². The van der Waals surface area contributed by atoms with Crippen molar-refractivity contribution in [1.82, 2.24) is 9.80 Å². The second kappa shape index (κ2) is 12.5. The van der Waals surface area contributed by atoms with Crippen molar-refractivity contribution in [3.63, 3.8) is 0 Å². The molecule has 0 aromatic heterocycles. The van der Waals surface area contributed by atoms with Gasteiger partial charge in [0, 0.05) is 52.7 Å². The van der Waals surface area contributed by atoms with Gasteiger partial charge in [0.05, 0.1) is 28.3 Å². The molecule has 1 atom stereocenters. The van der Waals surface area contributed by atoms with E-state index in [2.05, 4.69) is 0 Å². The number of carbonyl (C=O) groups excluding carboxylic acids is 3. The standard InChI is InChI=1S/C17H19ClN2O4.C8H5ClO4.Na/c1-17(2,3)24-16(23)19-7-6-11(9-19)20-14(21)12-5-4-10(18)8-13(12)15(20)22;9-4-1-2-5(7(10)11)6(3-4)8(12)13;/h4-5,8,11H,6-7,9H2,1-3H3;1-3H,(H,10,11)(H,12,13);/t11-;;/m1../s1. The molecule has 1 fully saturated rings. The van der Waals surface area contributed by atoms with Crippen LogP contribution in [0.15, 0.2) is 36.4 Å². The number of likely N-dealkylation sites (tertiary alicyclic amines) is 1. The van der Waals surface area contributed by atoms with Crippen molar-refractivity contribution < 1.29 is 38.9 Å². The van der Waals surface area contributed by atoms with Crippen molar-refractivity contribution in [2.45, 2.75) is 38.8 Å². The second-order valence-electron chi connectivity index (χ2n) is 9.34. The molecule has 197 valence electrons. The summed E-state index contributed by atoms with van der Waals surface area (Å²) in [6.45, 7) is 6.13. The van der Waals surface area contributed by atoms with E-state index in [4.69, 9.17) is 38.2 Å². The quantitative estimate of drug-likeness (QED) is 0.409. The molecule has 0 aliphatic carbocycles. The van der Waals surface area contributed by atoms with Crippen molar-refractivity contribution in [2.24, 2.45) is 0 Å². The molecule has 2 heterocycles. The Kier molecular flexibility index (Phi) is 10.4. The summed E-state index contributed by atoms with van der Waals surface area (Å²) in [5.74, 6) is -3.27. The fourth-order valence-corrected chi connectivity index (χ4v) is 4.23. The Morgan fingerprint density at radius 2 is 1.45 bits per heavy atom. The third-order valence-electron chi connectivity index (χ3n) is 5.50. The molecule has 2 aliphatic heterocycles. The average Bonchev–Trinajstić information content (AvgIpc) is 3.36. The number of aromatic carboxylic acids is 2. The normalized spacial score (nSPS) is 16.3. The summed E-state index contributed by atoms with van der Waals surface area (Å²) >= 11 is 11.4. The average molecular weight is 574 g/mol. The van der Waals surface area contributed by atoms with Crippen LogP contribution in [0.4, 0.5) is 4.79 Å². The number of carbonyl (C=O) groups is 5. The predicted octanol–water partition coefficient (Wildman–Crippen LogP) is 4.30. The van der Waals surface area contributed by atoms with Gasteiger partial charge in [-0.05, 0) is 63.6 Å². The summed E-state index contributed by atoms with van der Waals surface area (Å²) in [5, 5.41) is 17.8. The van der Waals surface area contributed by atoms with Crippen LogP contribution in [0.25, 0.3) is 0 Å². The van der Waals surface area contributed by atoms with Crippen LogP contribution in [0.5, 0.6) is 0 Å². The molecule has 2 aromatic carbocycles. The number of carboxylic acid groups (broad SMARTS) is 2. The zero-order valence-corrected chi connectivity index (χ0v) is 24.7. The van der Waals surface area contributed by atoms with Crippen molar-refractivity contribution >= 4 is 82.6 Å². The first-order valence-electron chi connectivity index (χ1n) is 11.1. The summed E-state index contributed by atoms with van der Waals surface area (Å²) < 4.78 is 5.35. The fraction of sp³-hybridized carbons (Fsp3) is 0.320. The molecule has 0 spiro atoms. The summed E-state index contributed by atoms with van der Waals surface area (Å²) in [6.07, 6.45) is 0.114. The van der Waals surface area contributed by atoms with Crippen LogP contribution in [0, 0.1) is 0 Å². The van der Waals surface area contributed by atoms with Crippen LogP contribution in [-0.2, 0) is 4.74 Å². The van der Waals surface area contributed by atoms with E-state index in [9.17, 15) is 24.0 Å². The summed E-state index contributed by atoms with van der Waals surface area (Å²) in [6, 6.07) is 7.93. The van der Waals surface area contributed by atoms with E-state index >= 15 is 0 Å². The van der Waals surface area contributed by atoms with Crippen LogP contribution >= 0.6 is 23.2 Å². The molecule has 13 heteroatoms.